The van der Waals surface area contributed by atoms with Crippen LogP contribution < -0.4 is 5.32 Å². The normalized spacial score (nSPS) is 15.9. The lowest BCUT2D eigenvalue weighted by Crippen LogP contribution is -2.32. The van der Waals surface area contributed by atoms with Crippen LogP contribution >= 0.6 is 0 Å². The zero-order valence-corrected chi connectivity index (χ0v) is 11.5. The third-order valence-corrected chi connectivity index (χ3v) is 3.84. The van der Waals surface area contributed by atoms with Crippen molar-refractivity contribution in [2.24, 2.45) is 0 Å². The first-order valence-electron chi connectivity index (χ1n) is 7.00. The molecule has 18 heavy (non-hydrogen) atoms. The van der Waals surface area contributed by atoms with Crippen molar-refractivity contribution in [3.05, 3.63) is 34.9 Å². The van der Waals surface area contributed by atoms with Crippen LogP contribution in [0.25, 0.3) is 0 Å². The van der Waals surface area contributed by atoms with Crippen LogP contribution in [0.3, 0.4) is 0 Å². The SMILES string of the molecule is Cc1ccc(CCC(=O)NC2CCCC2)c(C)c1. The van der Waals surface area contributed by atoms with Crippen LogP contribution in [0.1, 0.15) is 48.8 Å². The molecular weight excluding hydrogens is 222 g/mol. The highest BCUT2D eigenvalue weighted by Gasteiger charge is 2.16. The Kier molecular flexibility index (Phi) is 4.40. The van der Waals surface area contributed by atoms with E-state index in [0.717, 1.165) is 19.3 Å². The summed E-state index contributed by atoms with van der Waals surface area (Å²) >= 11 is 0. The highest BCUT2D eigenvalue weighted by molar-refractivity contribution is 5.76. The standard InChI is InChI=1S/C16H23NO/c1-12-7-8-14(13(2)11-12)9-10-16(18)17-15-5-3-4-6-15/h7-8,11,15H,3-6,9-10H2,1-2H3,(H,17,18). The van der Waals surface area contributed by atoms with Crippen molar-refractivity contribution in [2.75, 3.05) is 0 Å². The van der Waals surface area contributed by atoms with E-state index in [-0.39, 0.29) is 5.91 Å². The Labute approximate surface area is 110 Å². The molecule has 0 saturated heterocycles. The van der Waals surface area contributed by atoms with Crippen molar-refractivity contribution in [1.82, 2.24) is 5.32 Å². The Hall–Kier alpha value is -1.31. The first-order chi connectivity index (χ1) is 8.65. The van der Waals surface area contributed by atoms with Crippen molar-refractivity contribution in [2.45, 2.75) is 58.4 Å². The topological polar surface area (TPSA) is 29.1 Å². The second kappa shape index (κ2) is 6.03. The quantitative estimate of drug-likeness (QED) is 0.866. The number of rotatable bonds is 4. The maximum atomic E-state index is 11.8. The molecule has 0 heterocycles. The molecule has 0 unspecified atom stereocenters. The average Bonchev–Trinajstić information content (AvgIpc) is 2.80. The molecule has 2 nitrogen and oxygen atoms in total. The molecule has 1 fully saturated rings. The summed E-state index contributed by atoms with van der Waals surface area (Å²) in [7, 11) is 0. The van der Waals surface area contributed by atoms with Gasteiger partial charge in [0.1, 0.15) is 0 Å². The maximum Gasteiger partial charge on any atom is 0.220 e. The minimum absolute atomic E-state index is 0.210. The fourth-order valence-corrected chi connectivity index (χ4v) is 2.74. The third-order valence-electron chi connectivity index (χ3n) is 3.84. The molecule has 0 atom stereocenters. The average molecular weight is 245 g/mol. The van der Waals surface area contributed by atoms with Gasteiger partial charge >= 0.3 is 0 Å². The Bertz CT molecular complexity index is 419. The van der Waals surface area contributed by atoms with Crippen LogP contribution in [0, 0.1) is 13.8 Å². The van der Waals surface area contributed by atoms with Crippen molar-refractivity contribution < 1.29 is 4.79 Å². The molecule has 0 bridgehead atoms. The number of amides is 1. The number of carbonyl (C=O) groups is 1. The summed E-state index contributed by atoms with van der Waals surface area (Å²) in [5, 5.41) is 3.14. The molecule has 1 saturated carbocycles. The minimum atomic E-state index is 0.210. The van der Waals surface area contributed by atoms with Crippen LogP contribution in [0.2, 0.25) is 0 Å². The van der Waals surface area contributed by atoms with Crippen molar-refractivity contribution in [3.63, 3.8) is 0 Å². The number of hydrogen-bond acceptors (Lipinski definition) is 1. The van der Waals surface area contributed by atoms with Crippen molar-refractivity contribution in [3.8, 4) is 0 Å². The van der Waals surface area contributed by atoms with E-state index >= 15 is 0 Å². The van der Waals surface area contributed by atoms with Gasteiger partial charge in [-0.15, -0.1) is 0 Å². The van der Waals surface area contributed by atoms with E-state index < -0.39 is 0 Å². The monoisotopic (exact) mass is 245 g/mol. The van der Waals surface area contributed by atoms with Gasteiger partial charge in [-0.25, -0.2) is 0 Å². The molecule has 98 valence electrons. The van der Waals surface area contributed by atoms with Gasteiger partial charge in [-0.3, -0.25) is 4.79 Å². The van der Waals surface area contributed by atoms with E-state index in [1.165, 1.54) is 29.5 Å². The van der Waals surface area contributed by atoms with E-state index in [0.29, 0.717) is 12.5 Å². The molecule has 0 radical (unpaired) electrons. The second-order valence-corrected chi connectivity index (χ2v) is 5.48. The summed E-state index contributed by atoms with van der Waals surface area (Å²) < 4.78 is 0. The zero-order chi connectivity index (χ0) is 13.0. The first-order valence-corrected chi connectivity index (χ1v) is 7.00. The Morgan fingerprint density at radius 2 is 2.00 bits per heavy atom. The fourth-order valence-electron chi connectivity index (χ4n) is 2.74. The largest absolute Gasteiger partial charge is 0.353 e. The summed E-state index contributed by atoms with van der Waals surface area (Å²) in [4.78, 5) is 11.8. The molecule has 2 heteroatoms. The lowest BCUT2D eigenvalue weighted by molar-refractivity contribution is -0.121. The Morgan fingerprint density at radius 3 is 2.67 bits per heavy atom. The molecule has 1 amide bonds. The van der Waals surface area contributed by atoms with Gasteiger partial charge < -0.3 is 5.32 Å². The Balaban J connectivity index is 1.81. The van der Waals surface area contributed by atoms with Crippen LogP contribution in [-0.4, -0.2) is 11.9 Å². The van der Waals surface area contributed by atoms with Crippen LogP contribution in [0.5, 0.6) is 0 Å². The number of carbonyl (C=O) groups excluding carboxylic acids is 1. The molecule has 0 spiro atoms. The molecule has 0 aromatic heterocycles. The second-order valence-electron chi connectivity index (χ2n) is 5.48. The zero-order valence-electron chi connectivity index (χ0n) is 11.5. The summed E-state index contributed by atoms with van der Waals surface area (Å²) in [5.41, 5.74) is 3.87. The molecular formula is C16H23NO. The summed E-state index contributed by atoms with van der Waals surface area (Å²) in [6.07, 6.45) is 6.32. The lowest BCUT2D eigenvalue weighted by atomic mass is 10.0. The fraction of sp³-hybridized carbons (Fsp3) is 0.562. The predicted molar refractivity (Wildman–Crippen MR) is 74.6 cm³/mol. The van der Waals surface area contributed by atoms with Gasteiger partial charge in [0.2, 0.25) is 5.91 Å². The highest BCUT2D eigenvalue weighted by atomic mass is 16.1. The molecule has 2 rings (SSSR count). The molecule has 1 aliphatic rings. The molecule has 1 aliphatic carbocycles. The van der Waals surface area contributed by atoms with Gasteiger partial charge in [0.25, 0.3) is 0 Å². The number of aryl methyl sites for hydroxylation is 3. The van der Waals surface area contributed by atoms with Crippen LogP contribution in [-0.2, 0) is 11.2 Å². The molecule has 1 aromatic carbocycles. The summed E-state index contributed by atoms with van der Waals surface area (Å²) in [6.45, 7) is 4.22. The van der Waals surface area contributed by atoms with Crippen molar-refractivity contribution >= 4 is 5.91 Å². The van der Waals surface area contributed by atoms with Gasteiger partial charge in [0, 0.05) is 12.5 Å². The van der Waals surface area contributed by atoms with Crippen LogP contribution in [0.4, 0.5) is 0 Å². The number of hydrogen-bond donors (Lipinski definition) is 1. The van der Waals surface area contributed by atoms with E-state index in [2.05, 4.69) is 37.4 Å². The minimum Gasteiger partial charge on any atom is -0.353 e. The van der Waals surface area contributed by atoms with Gasteiger partial charge in [-0.05, 0) is 44.2 Å². The van der Waals surface area contributed by atoms with Gasteiger partial charge in [0.15, 0.2) is 0 Å². The van der Waals surface area contributed by atoms with E-state index in [9.17, 15) is 4.79 Å². The summed E-state index contributed by atoms with van der Waals surface area (Å²) in [5.74, 6) is 0.210. The number of benzene rings is 1. The third kappa shape index (κ3) is 3.59. The lowest BCUT2D eigenvalue weighted by Gasteiger charge is -2.12. The van der Waals surface area contributed by atoms with E-state index in [4.69, 9.17) is 0 Å². The molecule has 1 aromatic rings. The van der Waals surface area contributed by atoms with Crippen LogP contribution in [0.15, 0.2) is 18.2 Å². The molecule has 0 aliphatic heterocycles. The van der Waals surface area contributed by atoms with Gasteiger partial charge in [-0.1, -0.05) is 36.6 Å². The predicted octanol–water partition coefficient (Wildman–Crippen LogP) is 3.29. The molecule has 1 N–H and O–H groups in total. The van der Waals surface area contributed by atoms with Gasteiger partial charge in [-0.2, -0.15) is 0 Å². The maximum absolute atomic E-state index is 11.8. The Morgan fingerprint density at radius 1 is 1.28 bits per heavy atom. The van der Waals surface area contributed by atoms with Crippen molar-refractivity contribution in [1.29, 1.82) is 0 Å². The van der Waals surface area contributed by atoms with E-state index in [1.807, 2.05) is 0 Å². The van der Waals surface area contributed by atoms with Gasteiger partial charge in [0.05, 0.1) is 0 Å². The van der Waals surface area contributed by atoms with E-state index in [1.54, 1.807) is 0 Å². The summed E-state index contributed by atoms with van der Waals surface area (Å²) in [6, 6.07) is 6.89. The highest BCUT2D eigenvalue weighted by Crippen LogP contribution is 2.18. The smallest absolute Gasteiger partial charge is 0.220 e. The number of nitrogens with one attached hydrogen (secondary N) is 1. The first kappa shape index (κ1) is 13.1.